The van der Waals surface area contributed by atoms with E-state index in [4.69, 9.17) is 27.9 Å². The number of carbonyl (C=O) groups is 3. The molecule has 3 amide bonds. The van der Waals surface area contributed by atoms with Crippen LogP contribution < -0.4 is 20.7 Å². The third-order valence-corrected chi connectivity index (χ3v) is 6.29. The SMILES string of the molecule is C[C@@H]1CNCC(=O)N(C)CC(=O)N[C@H](Cc2ccc(Cl)cc2)C(=O)NCCCc2ccc(Cl)cc2O1. The molecule has 36 heavy (non-hydrogen) atoms. The molecule has 2 aromatic carbocycles. The molecule has 3 rings (SSSR count). The molecular formula is C26H32Cl2N4O4. The van der Waals surface area contributed by atoms with Gasteiger partial charge in [0.15, 0.2) is 0 Å². The third-order valence-electron chi connectivity index (χ3n) is 5.80. The fraction of sp³-hybridized carbons (Fsp3) is 0.423. The van der Waals surface area contributed by atoms with Gasteiger partial charge in [-0.25, -0.2) is 0 Å². The highest BCUT2D eigenvalue weighted by Gasteiger charge is 2.23. The molecule has 194 valence electrons. The Morgan fingerprint density at radius 1 is 1.06 bits per heavy atom. The van der Waals surface area contributed by atoms with Gasteiger partial charge in [-0.3, -0.25) is 14.4 Å². The number of likely N-dealkylation sites (N-methyl/N-ethyl adjacent to an activating group) is 1. The van der Waals surface area contributed by atoms with E-state index in [9.17, 15) is 14.4 Å². The smallest absolute Gasteiger partial charge is 0.242 e. The maximum Gasteiger partial charge on any atom is 0.242 e. The van der Waals surface area contributed by atoms with Gasteiger partial charge < -0.3 is 25.6 Å². The molecule has 0 aromatic heterocycles. The Balaban J connectivity index is 1.76. The molecule has 0 aliphatic carbocycles. The van der Waals surface area contributed by atoms with Crippen molar-refractivity contribution in [3.8, 4) is 5.75 Å². The second-order valence-corrected chi connectivity index (χ2v) is 9.78. The standard InChI is InChI=1S/C26H32Cl2N4O4/c1-17-14-29-15-25(34)32(2)16-24(33)31-22(12-18-5-8-20(27)9-6-18)26(35)30-11-3-4-19-7-10-21(28)13-23(19)36-17/h5-10,13,17,22,29H,3-4,11-12,14-16H2,1-2H3,(H,30,35)(H,31,33)/t17-,22-/m1/s1. The average Bonchev–Trinajstić information content (AvgIpc) is 2.83. The Bertz CT molecular complexity index is 1060. The summed E-state index contributed by atoms with van der Waals surface area (Å²) in [5, 5.41) is 9.94. The number of aryl methyl sites for hydroxylation is 1. The number of benzene rings is 2. The minimum atomic E-state index is -0.797. The summed E-state index contributed by atoms with van der Waals surface area (Å²) in [4.78, 5) is 39.5. The largest absolute Gasteiger partial charge is 0.489 e. The van der Waals surface area contributed by atoms with Crippen molar-refractivity contribution in [2.45, 2.75) is 38.3 Å². The van der Waals surface area contributed by atoms with Gasteiger partial charge in [0.2, 0.25) is 17.7 Å². The van der Waals surface area contributed by atoms with E-state index in [1.54, 1.807) is 25.2 Å². The lowest BCUT2D eigenvalue weighted by atomic mass is 10.0. The lowest BCUT2D eigenvalue weighted by molar-refractivity contribution is -0.135. The van der Waals surface area contributed by atoms with Crippen LogP contribution in [-0.4, -0.2) is 68.0 Å². The Labute approximate surface area is 221 Å². The monoisotopic (exact) mass is 534 g/mol. The fourth-order valence-electron chi connectivity index (χ4n) is 3.84. The lowest BCUT2D eigenvalue weighted by Crippen LogP contribution is -2.51. The van der Waals surface area contributed by atoms with Crippen LogP contribution in [0, 0.1) is 0 Å². The lowest BCUT2D eigenvalue weighted by Gasteiger charge is -2.23. The number of halogens is 2. The second-order valence-electron chi connectivity index (χ2n) is 8.91. The summed E-state index contributed by atoms with van der Waals surface area (Å²) in [6.07, 6.45) is 1.43. The van der Waals surface area contributed by atoms with Crippen molar-refractivity contribution < 1.29 is 19.1 Å². The molecule has 2 atom stereocenters. The van der Waals surface area contributed by atoms with E-state index in [1.807, 2.05) is 31.2 Å². The first-order valence-corrected chi connectivity index (χ1v) is 12.7. The summed E-state index contributed by atoms with van der Waals surface area (Å²) in [5.74, 6) is -0.277. The quantitative estimate of drug-likeness (QED) is 0.549. The van der Waals surface area contributed by atoms with E-state index in [0.29, 0.717) is 48.1 Å². The van der Waals surface area contributed by atoms with E-state index in [0.717, 1.165) is 11.1 Å². The zero-order valence-electron chi connectivity index (χ0n) is 20.5. The van der Waals surface area contributed by atoms with Crippen LogP contribution in [0.2, 0.25) is 10.0 Å². The molecule has 1 aliphatic rings. The normalized spacial score (nSPS) is 20.9. The van der Waals surface area contributed by atoms with Crippen molar-refractivity contribution in [1.82, 2.24) is 20.9 Å². The van der Waals surface area contributed by atoms with E-state index in [2.05, 4.69) is 16.0 Å². The molecule has 2 aromatic rings. The highest BCUT2D eigenvalue weighted by Crippen LogP contribution is 2.25. The van der Waals surface area contributed by atoms with Crippen LogP contribution in [0.15, 0.2) is 42.5 Å². The first-order chi connectivity index (χ1) is 17.2. The molecule has 10 heteroatoms. The maximum atomic E-state index is 13.0. The van der Waals surface area contributed by atoms with Gasteiger partial charge in [0.25, 0.3) is 0 Å². The van der Waals surface area contributed by atoms with E-state index >= 15 is 0 Å². The number of rotatable bonds is 2. The molecule has 8 nitrogen and oxygen atoms in total. The van der Waals surface area contributed by atoms with Crippen LogP contribution in [0.1, 0.15) is 24.5 Å². The number of nitrogens with one attached hydrogen (secondary N) is 3. The molecule has 0 radical (unpaired) electrons. The minimum Gasteiger partial charge on any atom is -0.489 e. The van der Waals surface area contributed by atoms with Crippen LogP contribution in [0.25, 0.3) is 0 Å². The van der Waals surface area contributed by atoms with Crippen LogP contribution in [0.5, 0.6) is 5.75 Å². The predicted octanol–water partition coefficient (Wildman–Crippen LogP) is 2.60. The average molecular weight is 535 g/mol. The Morgan fingerprint density at radius 2 is 1.78 bits per heavy atom. The second kappa shape index (κ2) is 13.5. The van der Waals surface area contributed by atoms with Gasteiger partial charge >= 0.3 is 0 Å². The van der Waals surface area contributed by atoms with Crippen molar-refractivity contribution >= 4 is 40.9 Å². The van der Waals surface area contributed by atoms with Gasteiger partial charge in [-0.1, -0.05) is 41.4 Å². The van der Waals surface area contributed by atoms with Crippen LogP contribution in [-0.2, 0) is 27.2 Å². The van der Waals surface area contributed by atoms with Crippen LogP contribution in [0.4, 0.5) is 0 Å². The third kappa shape index (κ3) is 8.69. The molecule has 1 heterocycles. The topological polar surface area (TPSA) is 99.8 Å². The predicted molar refractivity (Wildman–Crippen MR) is 140 cm³/mol. The summed E-state index contributed by atoms with van der Waals surface area (Å²) >= 11 is 12.2. The summed E-state index contributed by atoms with van der Waals surface area (Å²) in [6, 6.07) is 11.8. The molecule has 0 bridgehead atoms. The summed E-state index contributed by atoms with van der Waals surface area (Å²) in [5.41, 5.74) is 1.83. The zero-order chi connectivity index (χ0) is 26.1. The summed E-state index contributed by atoms with van der Waals surface area (Å²) < 4.78 is 6.08. The molecule has 0 saturated carbocycles. The van der Waals surface area contributed by atoms with Crippen molar-refractivity contribution in [1.29, 1.82) is 0 Å². The highest BCUT2D eigenvalue weighted by atomic mass is 35.5. The number of amides is 3. The van der Waals surface area contributed by atoms with Gasteiger partial charge in [-0.15, -0.1) is 0 Å². The van der Waals surface area contributed by atoms with Gasteiger partial charge in [-0.05, 0) is 55.2 Å². The summed E-state index contributed by atoms with van der Waals surface area (Å²) in [6.45, 7) is 2.65. The van der Waals surface area contributed by atoms with E-state index in [1.165, 1.54) is 4.90 Å². The molecule has 0 spiro atoms. The van der Waals surface area contributed by atoms with E-state index in [-0.39, 0.29) is 31.0 Å². The Hall–Kier alpha value is -2.81. The molecule has 0 unspecified atom stereocenters. The number of nitrogens with zero attached hydrogens (tertiary/aromatic N) is 1. The van der Waals surface area contributed by atoms with Crippen molar-refractivity contribution in [2.75, 3.05) is 33.2 Å². The van der Waals surface area contributed by atoms with Gasteiger partial charge in [0.1, 0.15) is 17.9 Å². The van der Waals surface area contributed by atoms with Crippen molar-refractivity contribution in [3.05, 3.63) is 63.6 Å². The molecule has 3 N–H and O–H groups in total. The maximum absolute atomic E-state index is 13.0. The summed E-state index contributed by atoms with van der Waals surface area (Å²) in [7, 11) is 1.55. The number of ether oxygens (including phenoxy) is 1. The molecule has 0 saturated heterocycles. The first-order valence-electron chi connectivity index (χ1n) is 11.9. The minimum absolute atomic E-state index is 0.0502. The van der Waals surface area contributed by atoms with Gasteiger partial charge in [-0.2, -0.15) is 0 Å². The Morgan fingerprint density at radius 3 is 2.53 bits per heavy atom. The molecule has 1 aliphatic heterocycles. The number of hydrogen-bond donors (Lipinski definition) is 3. The molecular weight excluding hydrogens is 503 g/mol. The Kier molecular flexibility index (Phi) is 10.4. The number of fused-ring (bicyclic) bond motifs is 1. The fourth-order valence-corrected chi connectivity index (χ4v) is 4.13. The number of carbonyl (C=O) groups excluding carboxylic acids is 3. The highest BCUT2D eigenvalue weighted by molar-refractivity contribution is 6.30. The van der Waals surface area contributed by atoms with Crippen LogP contribution in [0.3, 0.4) is 0 Å². The first kappa shape index (κ1) is 27.8. The molecule has 0 fully saturated rings. The van der Waals surface area contributed by atoms with Gasteiger partial charge in [0, 0.05) is 36.6 Å². The van der Waals surface area contributed by atoms with Crippen molar-refractivity contribution in [2.24, 2.45) is 0 Å². The van der Waals surface area contributed by atoms with Crippen molar-refractivity contribution in [3.63, 3.8) is 0 Å². The zero-order valence-corrected chi connectivity index (χ0v) is 22.0. The number of hydrogen-bond acceptors (Lipinski definition) is 5. The van der Waals surface area contributed by atoms with Gasteiger partial charge in [0.05, 0.1) is 13.1 Å². The van der Waals surface area contributed by atoms with Crippen LogP contribution >= 0.6 is 23.2 Å². The van der Waals surface area contributed by atoms with E-state index < -0.39 is 11.9 Å².